The van der Waals surface area contributed by atoms with Crippen LogP contribution in [0.15, 0.2) is 61.2 Å². The summed E-state index contributed by atoms with van der Waals surface area (Å²) >= 11 is 6.46. The summed E-state index contributed by atoms with van der Waals surface area (Å²) in [6.07, 6.45) is 4.33. The smallest absolute Gasteiger partial charge is 0.331 e. The molecule has 0 aliphatic rings. The molecule has 3 heterocycles. The summed E-state index contributed by atoms with van der Waals surface area (Å²) in [5.74, 6) is -1.50. The Bertz CT molecular complexity index is 1310. The second-order valence-corrected chi connectivity index (χ2v) is 7.72. The van der Waals surface area contributed by atoms with Crippen molar-refractivity contribution in [1.82, 2.24) is 24.5 Å². The van der Waals surface area contributed by atoms with Crippen molar-refractivity contribution >= 4 is 34.6 Å². The van der Waals surface area contributed by atoms with Crippen LogP contribution in [0.1, 0.15) is 25.4 Å². The highest BCUT2D eigenvalue weighted by molar-refractivity contribution is 6.32. The lowest BCUT2D eigenvalue weighted by atomic mass is 9.81. The maximum atomic E-state index is 13.4. The van der Waals surface area contributed by atoms with Gasteiger partial charge in [0.05, 0.1) is 30.4 Å². The fraction of sp³-hybridized carbons (Fsp3) is 0.250. The molecule has 0 saturated heterocycles. The van der Waals surface area contributed by atoms with Gasteiger partial charge in [-0.3, -0.25) is 19.1 Å². The molecule has 10 heteroatoms. The molecule has 0 radical (unpaired) electrons. The predicted octanol–water partition coefficient (Wildman–Crippen LogP) is 3.47. The van der Waals surface area contributed by atoms with Crippen LogP contribution < -0.4 is 0 Å². The highest BCUT2D eigenvalue weighted by atomic mass is 35.5. The first-order valence-electron chi connectivity index (χ1n) is 10.7. The summed E-state index contributed by atoms with van der Waals surface area (Å²) < 4.78 is 12.3. The highest BCUT2D eigenvalue weighted by Crippen LogP contribution is 2.32. The van der Waals surface area contributed by atoms with Gasteiger partial charge in [-0.05, 0) is 38.1 Å². The van der Waals surface area contributed by atoms with Crippen LogP contribution in [0, 0.1) is 0 Å². The van der Waals surface area contributed by atoms with Gasteiger partial charge in [0, 0.05) is 18.3 Å². The molecule has 0 spiro atoms. The van der Waals surface area contributed by atoms with E-state index in [1.165, 1.54) is 6.20 Å². The first kappa shape index (κ1) is 23.3. The van der Waals surface area contributed by atoms with Gasteiger partial charge in [-0.1, -0.05) is 29.8 Å². The van der Waals surface area contributed by atoms with Gasteiger partial charge < -0.3 is 9.47 Å². The van der Waals surface area contributed by atoms with Gasteiger partial charge >= 0.3 is 11.9 Å². The van der Waals surface area contributed by atoms with Crippen LogP contribution in [0.5, 0.6) is 0 Å². The number of hydrogen-bond donors (Lipinski definition) is 0. The van der Waals surface area contributed by atoms with E-state index in [0.717, 1.165) is 11.0 Å². The van der Waals surface area contributed by atoms with Crippen molar-refractivity contribution in [3.8, 4) is 5.82 Å². The third kappa shape index (κ3) is 4.22. The van der Waals surface area contributed by atoms with Crippen molar-refractivity contribution in [3.63, 3.8) is 0 Å². The lowest BCUT2D eigenvalue weighted by Gasteiger charge is -2.28. The van der Waals surface area contributed by atoms with Crippen LogP contribution in [0.3, 0.4) is 0 Å². The van der Waals surface area contributed by atoms with Crippen LogP contribution >= 0.6 is 11.6 Å². The van der Waals surface area contributed by atoms with E-state index in [9.17, 15) is 9.59 Å². The van der Waals surface area contributed by atoms with Crippen LogP contribution in [-0.4, -0.2) is 49.7 Å². The zero-order valence-electron chi connectivity index (χ0n) is 18.6. The lowest BCUT2D eigenvalue weighted by Crippen LogP contribution is -2.49. The second kappa shape index (κ2) is 9.96. The number of fused-ring (bicyclic) bond motifs is 1. The van der Waals surface area contributed by atoms with Gasteiger partial charge in [0.15, 0.2) is 11.6 Å². The van der Waals surface area contributed by atoms with Crippen molar-refractivity contribution < 1.29 is 19.1 Å². The van der Waals surface area contributed by atoms with Crippen LogP contribution in [0.2, 0.25) is 5.02 Å². The average Bonchev–Trinajstić information content (AvgIpc) is 3.28. The Morgan fingerprint density at radius 2 is 1.68 bits per heavy atom. The number of benzene rings is 1. The van der Waals surface area contributed by atoms with Crippen molar-refractivity contribution in [2.24, 2.45) is 0 Å². The minimum Gasteiger partial charge on any atom is -0.465 e. The van der Waals surface area contributed by atoms with Crippen molar-refractivity contribution in [2.45, 2.75) is 25.7 Å². The molecule has 0 aliphatic heterocycles. The number of nitrogens with zero attached hydrogens (tertiary/aromatic N) is 5. The highest BCUT2D eigenvalue weighted by Gasteiger charge is 2.54. The second-order valence-electron chi connectivity index (χ2n) is 7.31. The molecule has 4 rings (SSSR count). The number of esters is 2. The van der Waals surface area contributed by atoms with E-state index >= 15 is 0 Å². The van der Waals surface area contributed by atoms with Gasteiger partial charge in [-0.2, -0.15) is 0 Å². The first-order chi connectivity index (χ1) is 16.5. The molecule has 0 amide bonds. The number of rotatable bonds is 8. The Morgan fingerprint density at radius 1 is 0.971 bits per heavy atom. The molecule has 0 fully saturated rings. The number of ether oxygens (including phenoxy) is 2. The number of pyridine rings is 1. The van der Waals surface area contributed by atoms with Gasteiger partial charge in [0.1, 0.15) is 11.3 Å². The zero-order valence-corrected chi connectivity index (χ0v) is 19.4. The van der Waals surface area contributed by atoms with Gasteiger partial charge in [-0.25, -0.2) is 15.0 Å². The molecule has 9 nitrogen and oxygen atoms in total. The Hall–Kier alpha value is -3.85. The Morgan fingerprint density at radius 3 is 2.35 bits per heavy atom. The molecule has 34 heavy (non-hydrogen) atoms. The number of para-hydroxylation sites is 2. The van der Waals surface area contributed by atoms with E-state index in [-0.39, 0.29) is 36.3 Å². The van der Waals surface area contributed by atoms with E-state index in [0.29, 0.717) is 5.69 Å². The van der Waals surface area contributed by atoms with Crippen LogP contribution in [0.25, 0.3) is 16.9 Å². The summed E-state index contributed by atoms with van der Waals surface area (Å²) in [5.41, 5.74) is -0.0430. The molecule has 0 saturated carbocycles. The summed E-state index contributed by atoms with van der Waals surface area (Å²) in [4.78, 5) is 44.4. The normalized spacial score (nSPS) is 11.4. The number of halogens is 1. The Balaban J connectivity index is 1.94. The van der Waals surface area contributed by atoms with E-state index in [2.05, 4.69) is 19.9 Å². The molecule has 174 valence electrons. The first-order valence-corrected chi connectivity index (χ1v) is 11.1. The topological polar surface area (TPSA) is 109 Å². The quantitative estimate of drug-likeness (QED) is 0.279. The van der Waals surface area contributed by atoms with Crippen LogP contribution in [0.4, 0.5) is 0 Å². The van der Waals surface area contributed by atoms with Crippen LogP contribution in [-0.2, 0) is 30.9 Å². The van der Waals surface area contributed by atoms with Crippen molar-refractivity contribution in [1.29, 1.82) is 0 Å². The number of hydrogen-bond acceptors (Lipinski definition) is 8. The summed E-state index contributed by atoms with van der Waals surface area (Å²) in [6, 6.07) is 12.6. The van der Waals surface area contributed by atoms with Crippen molar-refractivity contribution in [2.75, 3.05) is 13.2 Å². The number of carbonyl (C=O) groups excluding carboxylic acids is 2. The summed E-state index contributed by atoms with van der Waals surface area (Å²) in [5, 5.41) is 0.214. The molecular formula is C24H22ClN5O4. The molecule has 0 aliphatic carbocycles. The van der Waals surface area contributed by atoms with E-state index in [4.69, 9.17) is 21.1 Å². The summed E-state index contributed by atoms with van der Waals surface area (Å²) in [7, 11) is 0. The number of carbonyl (C=O) groups is 2. The maximum Gasteiger partial charge on any atom is 0.331 e. The standard InChI is InChI=1S/C24H22ClN5O4/c1-3-33-22(31)24(23(32)34-4-2,13-16-9-7-8-12-26-16)21-27-14-17(25)20(29-21)30-15-28-18-10-5-6-11-19(18)30/h5-12,14-15H,3-4,13H2,1-2H3. The molecule has 4 aromatic rings. The fourth-order valence-electron chi connectivity index (χ4n) is 3.63. The largest absolute Gasteiger partial charge is 0.465 e. The lowest BCUT2D eigenvalue weighted by molar-refractivity contribution is -0.165. The zero-order chi connectivity index (χ0) is 24.1. The minimum atomic E-state index is -1.99. The molecule has 0 N–H and O–H groups in total. The molecular weight excluding hydrogens is 458 g/mol. The average molecular weight is 480 g/mol. The van der Waals surface area contributed by atoms with Gasteiger partial charge in [-0.15, -0.1) is 0 Å². The molecule has 0 bridgehead atoms. The van der Waals surface area contributed by atoms with E-state index in [1.54, 1.807) is 49.1 Å². The molecule has 0 unspecified atom stereocenters. The monoisotopic (exact) mass is 479 g/mol. The third-order valence-corrected chi connectivity index (χ3v) is 5.48. The predicted molar refractivity (Wildman–Crippen MR) is 125 cm³/mol. The molecule has 1 aromatic carbocycles. The molecule has 0 atom stereocenters. The third-order valence-electron chi connectivity index (χ3n) is 5.21. The Kier molecular flexibility index (Phi) is 6.83. The van der Waals surface area contributed by atoms with E-state index in [1.807, 2.05) is 24.3 Å². The van der Waals surface area contributed by atoms with Gasteiger partial charge in [0.25, 0.3) is 0 Å². The van der Waals surface area contributed by atoms with E-state index < -0.39 is 17.4 Å². The minimum absolute atomic E-state index is 0.0504. The fourth-order valence-corrected chi connectivity index (χ4v) is 3.82. The Labute approximate surface area is 200 Å². The molecule has 3 aromatic heterocycles. The SMILES string of the molecule is CCOC(=O)C(Cc1ccccn1)(C(=O)OCC)c1ncc(Cl)c(-n2cnc3ccccc32)n1. The van der Waals surface area contributed by atoms with Gasteiger partial charge in [0.2, 0.25) is 5.41 Å². The maximum absolute atomic E-state index is 13.4. The van der Waals surface area contributed by atoms with Crippen molar-refractivity contribution in [3.05, 3.63) is 77.7 Å². The number of aromatic nitrogens is 5. The summed E-state index contributed by atoms with van der Waals surface area (Å²) in [6.45, 7) is 3.41. The number of imidazole rings is 1.